The number of rotatable bonds is 5. The Kier molecular flexibility index (Phi) is 4.58. The molecular formula is C12H19NO3. The van der Waals surface area contributed by atoms with Crippen molar-refractivity contribution in [3.63, 3.8) is 0 Å². The van der Waals surface area contributed by atoms with Crippen molar-refractivity contribution in [3.8, 4) is 11.5 Å². The fraction of sp³-hybridized carbons (Fsp3) is 0.500. The summed E-state index contributed by atoms with van der Waals surface area (Å²) in [6.45, 7) is 6.62. The van der Waals surface area contributed by atoms with Crippen LogP contribution in [-0.2, 0) is 4.84 Å². The first-order valence-corrected chi connectivity index (χ1v) is 5.40. The Hall–Kier alpha value is -1.26. The average molecular weight is 225 g/mol. The van der Waals surface area contributed by atoms with Crippen LogP contribution in [0.1, 0.15) is 32.4 Å². The van der Waals surface area contributed by atoms with Crippen molar-refractivity contribution in [3.05, 3.63) is 23.8 Å². The maximum absolute atomic E-state index is 9.61. The van der Waals surface area contributed by atoms with Gasteiger partial charge in [-0.1, -0.05) is 19.9 Å². The number of hydrogen-bond donors (Lipinski definition) is 3. The highest BCUT2D eigenvalue weighted by Crippen LogP contribution is 2.27. The van der Waals surface area contributed by atoms with Crippen LogP contribution in [0.5, 0.6) is 11.5 Å². The lowest BCUT2D eigenvalue weighted by atomic mass is 10.1. The molecule has 0 aliphatic heterocycles. The third-order valence-electron chi connectivity index (χ3n) is 2.16. The van der Waals surface area contributed by atoms with Crippen molar-refractivity contribution in [2.75, 3.05) is 6.61 Å². The van der Waals surface area contributed by atoms with Gasteiger partial charge in [-0.3, -0.25) is 0 Å². The largest absolute Gasteiger partial charge is 0.508 e. The molecule has 90 valence electrons. The molecule has 0 saturated carbocycles. The van der Waals surface area contributed by atoms with E-state index in [9.17, 15) is 5.11 Å². The molecule has 0 aromatic heterocycles. The van der Waals surface area contributed by atoms with E-state index in [0.717, 1.165) is 0 Å². The number of hydroxylamine groups is 1. The van der Waals surface area contributed by atoms with Crippen LogP contribution in [0.3, 0.4) is 0 Å². The quantitative estimate of drug-likeness (QED) is 0.673. The van der Waals surface area contributed by atoms with Gasteiger partial charge in [0, 0.05) is 11.6 Å². The number of nitrogens with one attached hydrogen (secondary N) is 1. The summed E-state index contributed by atoms with van der Waals surface area (Å²) in [6.07, 6.45) is 0. The molecule has 0 bridgehead atoms. The standard InChI is InChI=1S/C12H19NO3/c1-8(2)7-16-13-9(3)11-5-4-10(14)6-12(11)15/h4-6,8-9,13-15H,7H2,1-3H3. The molecule has 0 aliphatic carbocycles. The SMILES string of the molecule is CC(C)CONC(C)c1ccc(O)cc1O. The minimum atomic E-state index is -0.126. The van der Waals surface area contributed by atoms with Gasteiger partial charge in [-0.15, -0.1) is 0 Å². The van der Waals surface area contributed by atoms with Gasteiger partial charge in [0.2, 0.25) is 0 Å². The molecule has 1 unspecified atom stereocenters. The molecule has 0 radical (unpaired) electrons. The van der Waals surface area contributed by atoms with E-state index in [1.807, 2.05) is 6.92 Å². The number of hydrogen-bond acceptors (Lipinski definition) is 4. The van der Waals surface area contributed by atoms with E-state index in [1.54, 1.807) is 6.07 Å². The monoisotopic (exact) mass is 225 g/mol. The summed E-state index contributed by atoms with van der Waals surface area (Å²) < 4.78 is 0. The summed E-state index contributed by atoms with van der Waals surface area (Å²) in [5, 5.41) is 18.8. The summed E-state index contributed by atoms with van der Waals surface area (Å²) in [5.74, 6) is 0.567. The first-order chi connectivity index (χ1) is 7.50. The van der Waals surface area contributed by atoms with E-state index in [-0.39, 0.29) is 17.5 Å². The maximum Gasteiger partial charge on any atom is 0.124 e. The molecule has 0 spiro atoms. The van der Waals surface area contributed by atoms with Crippen LogP contribution in [-0.4, -0.2) is 16.8 Å². The minimum absolute atomic E-state index is 0.0524. The smallest absolute Gasteiger partial charge is 0.124 e. The van der Waals surface area contributed by atoms with Crippen molar-refractivity contribution in [1.29, 1.82) is 0 Å². The van der Waals surface area contributed by atoms with Crippen LogP contribution < -0.4 is 5.48 Å². The highest BCUT2D eigenvalue weighted by Gasteiger charge is 2.10. The zero-order chi connectivity index (χ0) is 12.1. The number of phenolic OH excluding ortho intramolecular Hbond substituents is 2. The summed E-state index contributed by atoms with van der Waals surface area (Å²) in [7, 11) is 0. The molecule has 1 aromatic rings. The van der Waals surface area contributed by atoms with Crippen molar-refractivity contribution in [2.24, 2.45) is 5.92 Å². The van der Waals surface area contributed by atoms with Gasteiger partial charge >= 0.3 is 0 Å². The van der Waals surface area contributed by atoms with Crippen LogP contribution >= 0.6 is 0 Å². The van der Waals surface area contributed by atoms with Crippen LogP contribution in [0.25, 0.3) is 0 Å². The van der Waals surface area contributed by atoms with Gasteiger partial charge in [0.05, 0.1) is 12.6 Å². The highest BCUT2D eigenvalue weighted by atomic mass is 16.6. The zero-order valence-corrected chi connectivity index (χ0v) is 9.90. The fourth-order valence-corrected chi connectivity index (χ4v) is 1.30. The second-order valence-electron chi connectivity index (χ2n) is 4.29. The number of aromatic hydroxyl groups is 2. The highest BCUT2D eigenvalue weighted by molar-refractivity contribution is 5.40. The van der Waals surface area contributed by atoms with Gasteiger partial charge in [-0.2, -0.15) is 5.48 Å². The Labute approximate surface area is 95.8 Å². The Morgan fingerprint density at radius 2 is 1.94 bits per heavy atom. The molecule has 4 nitrogen and oxygen atoms in total. The fourth-order valence-electron chi connectivity index (χ4n) is 1.30. The molecule has 1 atom stereocenters. The lowest BCUT2D eigenvalue weighted by Crippen LogP contribution is -2.21. The molecule has 0 amide bonds. The van der Waals surface area contributed by atoms with Gasteiger partial charge in [0.1, 0.15) is 11.5 Å². The predicted octanol–water partition coefficient (Wildman–Crippen LogP) is 2.34. The van der Waals surface area contributed by atoms with Crippen molar-refractivity contribution in [1.82, 2.24) is 5.48 Å². The summed E-state index contributed by atoms with van der Waals surface area (Å²) in [4.78, 5) is 5.27. The summed E-state index contributed by atoms with van der Waals surface area (Å²) in [6, 6.07) is 4.39. The Balaban J connectivity index is 2.55. The van der Waals surface area contributed by atoms with Crippen molar-refractivity contribution in [2.45, 2.75) is 26.8 Å². The van der Waals surface area contributed by atoms with Gasteiger partial charge in [0.25, 0.3) is 0 Å². The lowest BCUT2D eigenvalue weighted by Gasteiger charge is -2.16. The van der Waals surface area contributed by atoms with Gasteiger partial charge in [0.15, 0.2) is 0 Å². The molecule has 0 heterocycles. The van der Waals surface area contributed by atoms with Crippen LogP contribution in [0.2, 0.25) is 0 Å². The molecule has 1 rings (SSSR count). The first-order valence-electron chi connectivity index (χ1n) is 5.40. The second-order valence-corrected chi connectivity index (χ2v) is 4.29. The number of phenols is 2. The predicted molar refractivity (Wildman–Crippen MR) is 62.1 cm³/mol. The molecule has 4 heteroatoms. The van der Waals surface area contributed by atoms with Crippen molar-refractivity contribution < 1.29 is 15.1 Å². The summed E-state index contributed by atoms with van der Waals surface area (Å²) in [5.41, 5.74) is 3.54. The summed E-state index contributed by atoms with van der Waals surface area (Å²) >= 11 is 0. The van der Waals surface area contributed by atoms with E-state index >= 15 is 0 Å². The minimum Gasteiger partial charge on any atom is -0.508 e. The molecule has 3 N–H and O–H groups in total. The third kappa shape index (κ3) is 3.72. The molecule has 0 fully saturated rings. The van der Waals surface area contributed by atoms with Gasteiger partial charge in [-0.05, 0) is 18.9 Å². The second kappa shape index (κ2) is 5.72. The topological polar surface area (TPSA) is 61.7 Å². The number of benzene rings is 1. The average Bonchev–Trinajstić information content (AvgIpc) is 2.16. The van der Waals surface area contributed by atoms with E-state index < -0.39 is 0 Å². The lowest BCUT2D eigenvalue weighted by molar-refractivity contribution is 0.00367. The maximum atomic E-state index is 9.61. The Bertz CT molecular complexity index is 339. The molecular weight excluding hydrogens is 206 g/mol. The van der Waals surface area contributed by atoms with E-state index in [2.05, 4.69) is 19.3 Å². The Morgan fingerprint density at radius 1 is 1.25 bits per heavy atom. The third-order valence-corrected chi connectivity index (χ3v) is 2.16. The van der Waals surface area contributed by atoms with E-state index in [4.69, 9.17) is 9.94 Å². The van der Waals surface area contributed by atoms with Crippen molar-refractivity contribution >= 4 is 0 Å². The van der Waals surface area contributed by atoms with Crippen LogP contribution in [0.4, 0.5) is 0 Å². The van der Waals surface area contributed by atoms with Crippen LogP contribution in [0.15, 0.2) is 18.2 Å². The zero-order valence-electron chi connectivity index (χ0n) is 9.90. The molecule has 0 saturated heterocycles. The van der Waals surface area contributed by atoms with Gasteiger partial charge in [-0.25, -0.2) is 0 Å². The Morgan fingerprint density at radius 3 is 2.50 bits per heavy atom. The van der Waals surface area contributed by atoms with Crippen LogP contribution in [0, 0.1) is 5.92 Å². The molecule has 16 heavy (non-hydrogen) atoms. The van der Waals surface area contributed by atoms with E-state index in [0.29, 0.717) is 18.1 Å². The van der Waals surface area contributed by atoms with E-state index in [1.165, 1.54) is 12.1 Å². The van der Waals surface area contributed by atoms with Gasteiger partial charge < -0.3 is 15.1 Å². The first kappa shape index (κ1) is 12.8. The molecule has 0 aliphatic rings. The molecule has 1 aromatic carbocycles. The normalized spacial score (nSPS) is 13.0.